The number of hydrogen-bond acceptors (Lipinski definition) is 9. The number of aryl methyl sites for hydroxylation is 1. The van der Waals surface area contributed by atoms with Crippen LogP contribution in [0.3, 0.4) is 0 Å². The fraction of sp³-hybridized carbons (Fsp3) is 0.154. The lowest BCUT2D eigenvalue weighted by Gasteiger charge is -2.18. The number of nitrogens with two attached hydrogens (primary N) is 1. The zero-order valence-electron chi connectivity index (χ0n) is 20.6. The minimum atomic E-state index is -0.409. The molecule has 190 valence electrons. The van der Waals surface area contributed by atoms with Crippen LogP contribution in [0.2, 0.25) is 5.15 Å². The van der Waals surface area contributed by atoms with Gasteiger partial charge >= 0.3 is 6.01 Å². The maximum atomic E-state index is 13.9. The highest BCUT2D eigenvalue weighted by Gasteiger charge is 2.26. The molecule has 0 saturated carbocycles. The SMILES string of the molecule is COc1ncc(-c2nn([C@@H](C)c3cc4scc(Cl)n4c(=O)c3-c3cccc(C)c3)c3ncnc(N)c23)cn1. The van der Waals surface area contributed by atoms with Crippen molar-refractivity contribution in [2.45, 2.75) is 19.9 Å². The number of anilines is 1. The van der Waals surface area contributed by atoms with Crippen LogP contribution in [0.25, 0.3) is 38.2 Å². The second kappa shape index (κ2) is 9.19. The maximum absolute atomic E-state index is 13.9. The van der Waals surface area contributed by atoms with Crippen LogP contribution in [0.5, 0.6) is 6.01 Å². The van der Waals surface area contributed by atoms with Crippen LogP contribution in [-0.2, 0) is 0 Å². The Balaban J connectivity index is 1.62. The lowest BCUT2D eigenvalue weighted by Crippen LogP contribution is -2.20. The summed E-state index contributed by atoms with van der Waals surface area (Å²) in [6.07, 6.45) is 4.62. The van der Waals surface area contributed by atoms with Gasteiger partial charge in [0.2, 0.25) is 0 Å². The monoisotopic (exact) mass is 544 g/mol. The topological polar surface area (TPSA) is 126 Å². The molecule has 0 saturated heterocycles. The first kappa shape index (κ1) is 24.0. The summed E-state index contributed by atoms with van der Waals surface area (Å²) in [6.45, 7) is 3.96. The van der Waals surface area contributed by atoms with Crippen molar-refractivity contribution in [1.29, 1.82) is 0 Å². The molecule has 0 aliphatic carbocycles. The zero-order valence-corrected chi connectivity index (χ0v) is 22.2. The highest BCUT2D eigenvalue weighted by Crippen LogP contribution is 2.36. The third-order valence-electron chi connectivity index (χ3n) is 6.42. The number of benzene rings is 1. The number of methoxy groups -OCH3 is 1. The molecule has 5 heterocycles. The molecule has 0 aliphatic heterocycles. The predicted octanol–water partition coefficient (Wildman–Crippen LogP) is 4.79. The Morgan fingerprint density at radius 1 is 1.11 bits per heavy atom. The van der Waals surface area contributed by atoms with E-state index in [4.69, 9.17) is 27.2 Å². The number of hydrogen-bond donors (Lipinski definition) is 1. The van der Waals surface area contributed by atoms with Crippen LogP contribution in [0.1, 0.15) is 24.1 Å². The Kier molecular flexibility index (Phi) is 5.81. The average Bonchev–Trinajstić information content (AvgIpc) is 3.50. The van der Waals surface area contributed by atoms with Gasteiger partial charge in [0.25, 0.3) is 5.56 Å². The molecule has 2 N–H and O–H groups in total. The highest BCUT2D eigenvalue weighted by molar-refractivity contribution is 7.16. The first-order valence-corrected chi connectivity index (χ1v) is 12.9. The van der Waals surface area contributed by atoms with Crippen molar-refractivity contribution in [3.05, 3.63) is 81.1 Å². The van der Waals surface area contributed by atoms with Crippen LogP contribution < -0.4 is 16.0 Å². The van der Waals surface area contributed by atoms with Crippen molar-refractivity contribution in [3.63, 3.8) is 0 Å². The van der Waals surface area contributed by atoms with Gasteiger partial charge in [0.05, 0.1) is 24.1 Å². The molecule has 10 nitrogen and oxygen atoms in total. The fourth-order valence-corrected chi connectivity index (χ4v) is 5.78. The number of nitrogen functional groups attached to an aromatic ring is 1. The summed E-state index contributed by atoms with van der Waals surface area (Å²) >= 11 is 7.81. The van der Waals surface area contributed by atoms with Gasteiger partial charge in [-0.2, -0.15) is 5.10 Å². The van der Waals surface area contributed by atoms with Gasteiger partial charge in [-0.1, -0.05) is 41.4 Å². The number of pyridine rings is 1. The van der Waals surface area contributed by atoms with E-state index in [2.05, 4.69) is 19.9 Å². The first-order valence-electron chi connectivity index (χ1n) is 11.6. The molecule has 0 spiro atoms. The molecule has 0 bridgehead atoms. The van der Waals surface area contributed by atoms with Gasteiger partial charge in [0, 0.05) is 23.3 Å². The van der Waals surface area contributed by atoms with Gasteiger partial charge in [-0.3, -0.25) is 9.20 Å². The number of halogens is 1. The Hall–Kier alpha value is -4.35. The van der Waals surface area contributed by atoms with Crippen LogP contribution in [0, 0.1) is 6.92 Å². The summed E-state index contributed by atoms with van der Waals surface area (Å²) in [5.41, 5.74) is 10.9. The molecule has 1 atom stereocenters. The minimum absolute atomic E-state index is 0.199. The standard InChI is InChI=1S/C26H21ClN8O2S/c1-13-5-4-6-15(7-13)20-17(8-19-34(25(20)36)18(27)11-38-19)14(2)35-24-21(23(28)31-12-32-24)22(33-35)16-9-29-26(37-3)30-10-16/h4-12,14H,1-3H3,(H2,28,31,32)/t14-/m0/s1. The molecule has 0 unspecified atom stereocenters. The van der Waals surface area contributed by atoms with Gasteiger partial charge in [0.1, 0.15) is 27.8 Å². The quantitative estimate of drug-likeness (QED) is 0.328. The van der Waals surface area contributed by atoms with Crippen molar-refractivity contribution < 1.29 is 4.74 Å². The Labute approximate surface area is 225 Å². The summed E-state index contributed by atoms with van der Waals surface area (Å²) in [7, 11) is 1.50. The van der Waals surface area contributed by atoms with Crippen LogP contribution in [0.4, 0.5) is 5.82 Å². The lowest BCUT2D eigenvalue weighted by atomic mass is 9.96. The van der Waals surface area contributed by atoms with Crippen molar-refractivity contribution in [3.8, 4) is 28.4 Å². The molecule has 0 fully saturated rings. The minimum Gasteiger partial charge on any atom is -0.467 e. The lowest BCUT2D eigenvalue weighted by molar-refractivity contribution is 0.380. The van der Waals surface area contributed by atoms with Crippen molar-refractivity contribution in [2.75, 3.05) is 12.8 Å². The van der Waals surface area contributed by atoms with E-state index < -0.39 is 6.04 Å². The second-order valence-corrected chi connectivity index (χ2v) is 10.0. The number of fused-ring (bicyclic) bond motifs is 2. The predicted molar refractivity (Wildman–Crippen MR) is 148 cm³/mol. The molecule has 6 rings (SSSR count). The number of thiazole rings is 1. The van der Waals surface area contributed by atoms with E-state index in [9.17, 15) is 4.79 Å². The van der Waals surface area contributed by atoms with E-state index in [-0.39, 0.29) is 17.4 Å². The van der Waals surface area contributed by atoms with E-state index in [1.807, 2.05) is 44.2 Å². The van der Waals surface area contributed by atoms with Crippen LogP contribution in [-0.4, -0.2) is 41.2 Å². The van der Waals surface area contributed by atoms with Gasteiger partial charge in [-0.25, -0.2) is 24.6 Å². The Morgan fingerprint density at radius 2 is 1.89 bits per heavy atom. The summed E-state index contributed by atoms with van der Waals surface area (Å²) in [5, 5.41) is 7.60. The van der Waals surface area contributed by atoms with Gasteiger partial charge in [-0.15, -0.1) is 11.3 Å². The third kappa shape index (κ3) is 3.78. The van der Waals surface area contributed by atoms with E-state index >= 15 is 0 Å². The van der Waals surface area contributed by atoms with Crippen molar-refractivity contribution >= 4 is 44.6 Å². The van der Waals surface area contributed by atoms with E-state index in [1.54, 1.807) is 22.5 Å². The average molecular weight is 545 g/mol. The largest absolute Gasteiger partial charge is 0.467 e. The van der Waals surface area contributed by atoms with Crippen LogP contribution >= 0.6 is 22.9 Å². The van der Waals surface area contributed by atoms with Crippen LogP contribution in [0.15, 0.2) is 59.2 Å². The molecule has 0 aliphatic rings. The second-order valence-electron chi connectivity index (χ2n) is 8.77. The third-order valence-corrected chi connectivity index (χ3v) is 7.71. The molecular formula is C26H21ClN8O2S. The normalized spacial score (nSPS) is 12.3. The molecule has 12 heteroatoms. The number of ether oxygens (including phenoxy) is 1. The van der Waals surface area contributed by atoms with E-state index in [0.717, 1.165) is 21.5 Å². The first-order chi connectivity index (χ1) is 18.4. The summed E-state index contributed by atoms with van der Waals surface area (Å²) < 4.78 is 8.38. The number of aromatic nitrogens is 7. The number of nitrogens with zero attached hydrogens (tertiary/aromatic N) is 7. The Bertz CT molecular complexity index is 1890. The molecule has 6 aromatic rings. The van der Waals surface area contributed by atoms with Crippen molar-refractivity contribution in [2.24, 2.45) is 0 Å². The smallest absolute Gasteiger partial charge is 0.316 e. The highest BCUT2D eigenvalue weighted by atomic mass is 35.5. The number of rotatable bonds is 5. The van der Waals surface area contributed by atoms with Gasteiger partial charge < -0.3 is 10.5 Å². The molecule has 0 radical (unpaired) electrons. The zero-order chi connectivity index (χ0) is 26.6. The summed E-state index contributed by atoms with van der Waals surface area (Å²) in [6, 6.07) is 9.64. The molecule has 5 aromatic heterocycles. The van der Waals surface area contributed by atoms with Gasteiger partial charge in [0.15, 0.2) is 5.65 Å². The van der Waals surface area contributed by atoms with Crippen molar-refractivity contribution in [1.82, 2.24) is 34.1 Å². The van der Waals surface area contributed by atoms with Gasteiger partial charge in [-0.05, 0) is 31.0 Å². The Morgan fingerprint density at radius 3 is 2.63 bits per heavy atom. The summed E-state index contributed by atoms with van der Waals surface area (Å²) in [4.78, 5) is 31.7. The van der Waals surface area contributed by atoms with E-state index in [1.165, 1.54) is 29.2 Å². The molecule has 38 heavy (non-hydrogen) atoms. The molecular weight excluding hydrogens is 524 g/mol. The maximum Gasteiger partial charge on any atom is 0.316 e. The molecule has 1 aromatic carbocycles. The molecule has 0 amide bonds. The summed E-state index contributed by atoms with van der Waals surface area (Å²) in [5.74, 6) is 0.277. The fourth-order valence-electron chi connectivity index (χ4n) is 4.62. The van der Waals surface area contributed by atoms with E-state index in [0.29, 0.717) is 33.0 Å².